The van der Waals surface area contributed by atoms with Crippen molar-refractivity contribution in [2.24, 2.45) is 0 Å². The van der Waals surface area contributed by atoms with Gasteiger partial charge in [-0.1, -0.05) is 43.7 Å². The number of amides is 1. The second kappa shape index (κ2) is 8.54. The van der Waals surface area contributed by atoms with Crippen molar-refractivity contribution in [2.75, 3.05) is 18.0 Å². The smallest absolute Gasteiger partial charge is 0.257 e. The molecule has 1 aliphatic heterocycles. The van der Waals surface area contributed by atoms with Gasteiger partial charge >= 0.3 is 0 Å². The number of rotatable bonds is 7. The molecule has 1 aliphatic rings. The minimum atomic E-state index is -3.79. The third-order valence-corrected chi connectivity index (χ3v) is 5.90. The third-order valence-electron chi connectivity index (χ3n) is 4.64. The lowest BCUT2D eigenvalue weighted by molar-refractivity contribution is -0.120. The van der Waals surface area contributed by atoms with E-state index >= 15 is 0 Å². The van der Waals surface area contributed by atoms with Crippen molar-refractivity contribution in [1.82, 2.24) is 10.3 Å². The summed E-state index contributed by atoms with van der Waals surface area (Å²) in [5, 5.41) is 0. The van der Waals surface area contributed by atoms with Crippen LogP contribution in [0.5, 0.6) is 0 Å². The molecule has 2 aromatic carbocycles. The number of para-hydroxylation sites is 1. The number of hydrogen-bond donors (Lipinski definition) is 2. The quantitative estimate of drug-likeness (QED) is 0.715. The molecule has 1 amide bonds. The van der Waals surface area contributed by atoms with E-state index in [1.165, 1.54) is 5.56 Å². The first-order chi connectivity index (χ1) is 13.0. The van der Waals surface area contributed by atoms with E-state index in [1.807, 2.05) is 23.1 Å². The van der Waals surface area contributed by atoms with E-state index in [2.05, 4.69) is 23.2 Å². The van der Waals surface area contributed by atoms with Gasteiger partial charge in [-0.3, -0.25) is 10.2 Å². The molecule has 0 atom stereocenters. The fourth-order valence-electron chi connectivity index (χ4n) is 3.30. The number of hydrazine groups is 1. The molecule has 2 N–H and O–H groups in total. The molecule has 0 bridgehead atoms. The standard InChI is InChI=1S/C20H25N3O3S/c1-2-6-16-10-12-18(13-11-16)27(25,26)22-21-20(24)15-23-14-5-8-17-7-3-4-9-19(17)23/h3-4,7,9-13,22H,2,5-6,8,14-15H2,1H3,(H,21,24). The molecule has 6 nitrogen and oxygen atoms in total. The zero-order valence-electron chi connectivity index (χ0n) is 15.4. The molecule has 0 fully saturated rings. The van der Waals surface area contributed by atoms with Crippen LogP contribution < -0.4 is 15.2 Å². The minimum absolute atomic E-state index is 0.106. The average molecular weight is 388 g/mol. The van der Waals surface area contributed by atoms with E-state index in [0.29, 0.717) is 0 Å². The largest absolute Gasteiger partial charge is 0.362 e. The summed E-state index contributed by atoms with van der Waals surface area (Å²) in [6, 6.07) is 14.7. The number of sulfonamides is 1. The van der Waals surface area contributed by atoms with Crippen LogP contribution >= 0.6 is 0 Å². The number of hydrogen-bond acceptors (Lipinski definition) is 4. The molecular formula is C20H25N3O3S. The summed E-state index contributed by atoms with van der Waals surface area (Å²) >= 11 is 0. The topological polar surface area (TPSA) is 78.5 Å². The second-order valence-corrected chi connectivity index (χ2v) is 8.38. The zero-order chi connectivity index (χ0) is 19.3. The van der Waals surface area contributed by atoms with Gasteiger partial charge in [-0.05, 0) is 48.6 Å². The third kappa shape index (κ3) is 4.87. The first-order valence-corrected chi connectivity index (χ1v) is 10.7. The SMILES string of the molecule is CCCc1ccc(S(=O)(=O)NNC(=O)CN2CCCc3ccccc32)cc1. The lowest BCUT2D eigenvalue weighted by Crippen LogP contribution is -2.47. The van der Waals surface area contributed by atoms with Gasteiger partial charge in [0.15, 0.2) is 0 Å². The Morgan fingerprint density at radius 3 is 2.59 bits per heavy atom. The van der Waals surface area contributed by atoms with E-state index < -0.39 is 15.9 Å². The Kier molecular flexibility index (Phi) is 6.13. The predicted octanol–water partition coefficient (Wildman–Crippen LogP) is 2.40. The van der Waals surface area contributed by atoms with E-state index in [4.69, 9.17) is 0 Å². The van der Waals surface area contributed by atoms with Crippen LogP contribution in [0, 0.1) is 0 Å². The molecule has 27 heavy (non-hydrogen) atoms. The van der Waals surface area contributed by atoms with Crippen molar-refractivity contribution in [3.8, 4) is 0 Å². The van der Waals surface area contributed by atoms with Crippen molar-refractivity contribution in [2.45, 2.75) is 37.5 Å². The monoisotopic (exact) mass is 387 g/mol. The van der Waals surface area contributed by atoms with Crippen LogP contribution in [0.3, 0.4) is 0 Å². The van der Waals surface area contributed by atoms with Crippen LogP contribution in [-0.4, -0.2) is 27.4 Å². The summed E-state index contributed by atoms with van der Waals surface area (Å²) in [5.74, 6) is -0.391. The van der Waals surface area contributed by atoms with Gasteiger partial charge in [-0.15, -0.1) is 4.83 Å². The summed E-state index contributed by atoms with van der Waals surface area (Å²) in [5.41, 5.74) is 5.66. The lowest BCUT2D eigenvalue weighted by atomic mass is 10.0. The van der Waals surface area contributed by atoms with Gasteiger partial charge in [0.25, 0.3) is 15.9 Å². The van der Waals surface area contributed by atoms with Crippen LogP contribution in [0.2, 0.25) is 0 Å². The minimum Gasteiger partial charge on any atom is -0.362 e. The summed E-state index contributed by atoms with van der Waals surface area (Å²) in [7, 11) is -3.79. The number of fused-ring (bicyclic) bond motifs is 1. The molecule has 144 valence electrons. The number of nitrogens with one attached hydrogen (secondary N) is 2. The summed E-state index contributed by atoms with van der Waals surface area (Å²) < 4.78 is 24.7. The van der Waals surface area contributed by atoms with Crippen LogP contribution in [0.25, 0.3) is 0 Å². The maximum atomic E-state index is 12.4. The van der Waals surface area contributed by atoms with E-state index in [9.17, 15) is 13.2 Å². The Labute approximate surface area is 160 Å². The fourth-order valence-corrected chi connectivity index (χ4v) is 4.16. The van der Waals surface area contributed by atoms with Crippen LogP contribution in [0.4, 0.5) is 5.69 Å². The van der Waals surface area contributed by atoms with Gasteiger partial charge in [-0.25, -0.2) is 8.42 Å². The molecule has 1 heterocycles. The van der Waals surface area contributed by atoms with Gasteiger partial charge in [0.05, 0.1) is 11.4 Å². The predicted molar refractivity (Wildman–Crippen MR) is 106 cm³/mol. The van der Waals surface area contributed by atoms with E-state index in [-0.39, 0.29) is 11.4 Å². The van der Waals surface area contributed by atoms with E-state index in [1.54, 1.807) is 24.3 Å². The summed E-state index contributed by atoms with van der Waals surface area (Å²) in [6.07, 6.45) is 3.87. The highest BCUT2D eigenvalue weighted by Crippen LogP contribution is 2.26. The second-order valence-electron chi connectivity index (χ2n) is 6.70. The number of aryl methyl sites for hydroxylation is 2. The number of anilines is 1. The van der Waals surface area contributed by atoms with Crippen molar-refractivity contribution < 1.29 is 13.2 Å². The van der Waals surface area contributed by atoms with Gasteiger partial charge in [0.1, 0.15) is 0 Å². The zero-order valence-corrected chi connectivity index (χ0v) is 16.3. The van der Waals surface area contributed by atoms with Crippen molar-refractivity contribution >= 4 is 21.6 Å². The highest BCUT2D eigenvalue weighted by molar-refractivity contribution is 7.89. The number of nitrogens with zero attached hydrogens (tertiary/aromatic N) is 1. The van der Waals surface area contributed by atoms with Crippen LogP contribution in [0.1, 0.15) is 30.9 Å². The van der Waals surface area contributed by atoms with E-state index in [0.717, 1.165) is 43.5 Å². The first-order valence-electron chi connectivity index (χ1n) is 9.22. The van der Waals surface area contributed by atoms with Crippen molar-refractivity contribution in [1.29, 1.82) is 0 Å². The number of benzene rings is 2. The highest BCUT2D eigenvalue weighted by atomic mass is 32.2. The van der Waals surface area contributed by atoms with Crippen LogP contribution in [-0.2, 0) is 27.7 Å². The summed E-state index contributed by atoms with van der Waals surface area (Å²) in [4.78, 5) is 16.5. The van der Waals surface area contributed by atoms with Crippen molar-refractivity contribution in [3.63, 3.8) is 0 Å². The number of carbonyl (C=O) groups excluding carboxylic acids is 1. The maximum absolute atomic E-state index is 12.4. The first kappa shape index (κ1) is 19.4. The molecule has 0 aliphatic carbocycles. The van der Waals surface area contributed by atoms with Gasteiger partial charge in [0, 0.05) is 12.2 Å². The van der Waals surface area contributed by atoms with Gasteiger partial charge in [-0.2, -0.15) is 0 Å². The maximum Gasteiger partial charge on any atom is 0.257 e. The molecule has 2 aromatic rings. The normalized spacial score (nSPS) is 13.9. The fraction of sp³-hybridized carbons (Fsp3) is 0.350. The van der Waals surface area contributed by atoms with Gasteiger partial charge < -0.3 is 4.90 Å². The number of carbonyl (C=O) groups is 1. The van der Waals surface area contributed by atoms with Crippen LogP contribution in [0.15, 0.2) is 53.4 Å². The lowest BCUT2D eigenvalue weighted by Gasteiger charge is -2.30. The molecule has 0 aromatic heterocycles. The highest BCUT2D eigenvalue weighted by Gasteiger charge is 2.20. The molecule has 3 rings (SSSR count). The Balaban J connectivity index is 1.59. The summed E-state index contributed by atoms with van der Waals surface area (Å²) in [6.45, 7) is 2.95. The molecular weight excluding hydrogens is 362 g/mol. The van der Waals surface area contributed by atoms with Crippen molar-refractivity contribution in [3.05, 3.63) is 59.7 Å². The Morgan fingerprint density at radius 2 is 1.85 bits per heavy atom. The molecule has 7 heteroatoms. The Morgan fingerprint density at radius 1 is 1.11 bits per heavy atom. The Bertz CT molecular complexity index is 895. The van der Waals surface area contributed by atoms with Gasteiger partial charge in [0.2, 0.25) is 0 Å². The average Bonchev–Trinajstić information content (AvgIpc) is 2.68. The molecule has 0 saturated carbocycles. The molecule has 0 unspecified atom stereocenters. The molecule has 0 saturated heterocycles. The molecule has 0 spiro atoms. The molecule has 0 radical (unpaired) electrons. The Hall–Kier alpha value is -2.38.